The van der Waals surface area contributed by atoms with Crippen LogP contribution in [0.2, 0.25) is 0 Å². The molecule has 2 N–H and O–H groups in total. The maximum atomic E-state index is 10.7. The van der Waals surface area contributed by atoms with E-state index in [0.29, 0.717) is 12.0 Å². The first-order valence-electron chi connectivity index (χ1n) is 4.01. The van der Waals surface area contributed by atoms with E-state index in [0.717, 1.165) is 12.4 Å². The highest BCUT2D eigenvalue weighted by molar-refractivity contribution is 5.95. The summed E-state index contributed by atoms with van der Waals surface area (Å²) in [6.45, 7) is 1.70. The Morgan fingerprint density at radius 3 is 1.93 bits per heavy atom. The smallest absolute Gasteiger partial charge is 0.337 e. The van der Waals surface area contributed by atoms with E-state index in [9.17, 15) is 9.59 Å². The summed E-state index contributed by atoms with van der Waals surface area (Å²) in [7, 11) is 0. The number of rotatable bonds is 3. The van der Waals surface area contributed by atoms with Crippen molar-refractivity contribution in [1.29, 1.82) is 0 Å². The van der Waals surface area contributed by atoms with Gasteiger partial charge in [0.25, 0.3) is 0 Å². The zero-order chi connectivity index (χ0) is 10.7. The molecule has 0 atom stereocenters. The Morgan fingerprint density at radius 2 is 1.64 bits per heavy atom. The van der Waals surface area contributed by atoms with Crippen molar-refractivity contribution in [3.63, 3.8) is 0 Å². The van der Waals surface area contributed by atoms with Gasteiger partial charge in [-0.1, -0.05) is 6.92 Å². The van der Waals surface area contributed by atoms with Crippen LogP contribution >= 0.6 is 0 Å². The predicted molar refractivity (Wildman–Crippen MR) is 47.5 cm³/mol. The van der Waals surface area contributed by atoms with Gasteiger partial charge in [0.2, 0.25) is 0 Å². The minimum absolute atomic E-state index is 0.0487. The van der Waals surface area contributed by atoms with Crippen molar-refractivity contribution < 1.29 is 19.8 Å². The van der Waals surface area contributed by atoms with Crippen LogP contribution in [0.3, 0.4) is 0 Å². The summed E-state index contributed by atoms with van der Waals surface area (Å²) in [5.41, 5.74) is 0.208. The molecule has 14 heavy (non-hydrogen) atoms. The van der Waals surface area contributed by atoms with Crippen LogP contribution < -0.4 is 0 Å². The number of pyridine rings is 1. The molecule has 5 nitrogen and oxygen atoms in total. The molecule has 0 aliphatic rings. The molecule has 0 unspecified atom stereocenters. The highest BCUT2D eigenvalue weighted by atomic mass is 16.4. The number of hydrogen-bond donors (Lipinski definition) is 2. The molecule has 0 amide bonds. The maximum Gasteiger partial charge on any atom is 0.337 e. The average molecular weight is 195 g/mol. The molecule has 1 aromatic heterocycles. The SMILES string of the molecule is CCc1c(C(=O)O)cncc1C(=O)O. The molecular formula is C9H9NO4. The van der Waals surface area contributed by atoms with Crippen LogP contribution in [-0.4, -0.2) is 27.1 Å². The lowest BCUT2D eigenvalue weighted by Gasteiger charge is -2.05. The quantitative estimate of drug-likeness (QED) is 0.752. The number of aromatic nitrogens is 1. The Labute approximate surface area is 80.0 Å². The number of aromatic carboxylic acids is 2. The normalized spacial score (nSPS) is 9.79. The first-order chi connectivity index (χ1) is 6.57. The van der Waals surface area contributed by atoms with Crippen LogP contribution in [-0.2, 0) is 6.42 Å². The molecule has 0 fully saturated rings. The van der Waals surface area contributed by atoms with Gasteiger partial charge in [-0.05, 0) is 12.0 Å². The van der Waals surface area contributed by atoms with E-state index >= 15 is 0 Å². The summed E-state index contributed by atoms with van der Waals surface area (Å²) in [6, 6.07) is 0. The molecule has 1 rings (SSSR count). The van der Waals surface area contributed by atoms with Crippen molar-refractivity contribution in [3.8, 4) is 0 Å². The van der Waals surface area contributed by atoms with E-state index in [2.05, 4.69) is 4.98 Å². The van der Waals surface area contributed by atoms with Crippen molar-refractivity contribution in [2.24, 2.45) is 0 Å². The fourth-order valence-corrected chi connectivity index (χ4v) is 1.24. The fraction of sp³-hybridized carbons (Fsp3) is 0.222. The molecule has 0 spiro atoms. The maximum absolute atomic E-state index is 10.7. The van der Waals surface area contributed by atoms with Crippen LogP contribution in [0.1, 0.15) is 33.2 Å². The van der Waals surface area contributed by atoms with Gasteiger partial charge in [0.05, 0.1) is 11.1 Å². The fourth-order valence-electron chi connectivity index (χ4n) is 1.24. The van der Waals surface area contributed by atoms with Gasteiger partial charge >= 0.3 is 11.9 Å². The molecule has 0 aromatic carbocycles. The highest BCUT2D eigenvalue weighted by Gasteiger charge is 2.16. The molecule has 0 bridgehead atoms. The summed E-state index contributed by atoms with van der Waals surface area (Å²) in [6.07, 6.45) is 2.67. The Morgan fingerprint density at radius 1 is 1.21 bits per heavy atom. The Kier molecular flexibility index (Phi) is 2.81. The standard InChI is InChI=1S/C9H9NO4/c1-2-5-6(8(11)12)3-10-4-7(5)9(13)14/h3-4H,2H2,1H3,(H,11,12)(H,13,14). The lowest BCUT2D eigenvalue weighted by molar-refractivity contribution is 0.0694. The molecule has 0 aliphatic carbocycles. The molecule has 5 heteroatoms. The lowest BCUT2D eigenvalue weighted by atomic mass is 10.0. The third-order valence-electron chi connectivity index (χ3n) is 1.87. The van der Waals surface area contributed by atoms with Crippen molar-refractivity contribution in [3.05, 3.63) is 29.1 Å². The second-order valence-corrected chi connectivity index (χ2v) is 2.68. The van der Waals surface area contributed by atoms with Gasteiger partial charge in [-0.25, -0.2) is 9.59 Å². The topological polar surface area (TPSA) is 87.5 Å². The molecule has 1 heterocycles. The van der Waals surface area contributed by atoms with E-state index in [4.69, 9.17) is 10.2 Å². The summed E-state index contributed by atoms with van der Waals surface area (Å²) >= 11 is 0. The summed E-state index contributed by atoms with van der Waals surface area (Å²) < 4.78 is 0. The number of carboxylic acids is 2. The third-order valence-corrected chi connectivity index (χ3v) is 1.87. The van der Waals surface area contributed by atoms with Gasteiger partial charge in [0.15, 0.2) is 0 Å². The largest absolute Gasteiger partial charge is 0.478 e. The Bertz CT molecular complexity index is 354. The zero-order valence-corrected chi connectivity index (χ0v) is 7.52. The molecule has 1 aromatic rings. The number of nitrogens with zero attached hydrogens (tertiary/aromatic N) is 1. The van der Waals surface area contributed by atoms with Crippen molar-refractivity contribution in [2.75, 3.05) is 0 Å². The second-order valence-electron chi connectivity index (χ2n) is 2.68. The average Bonchev–Trinajstić information content (AvgIpc) is 2.16. The van der Waals surface area contributed by atoms with Crippen molar-refractivity contribution in [2.45, 2.75) is 13.3 Å². The van der Waals surface area contributed by atoms with Crippen LogP contribution in [0.4, 0.5) is 0 Å². The van der Waals surface area contributed by atoms with E-state index in [1.54, 1.807) is 6.92 Å². The molecule has 0 saturated heterocycles. The Hall–Kier alpha value is -1.91. The molecular weight excluding hydrogens is 186 g/mol. The lowest BCUT2D eigenvalue weighted by Crippen LogP contribution is -2.10. The second kappa shape index (κ2) is 3.87. The Balaban J connectivity index is 3.39. The van der Waals surface area contributed by atoms with E-state index in [1.807, 2.05) is 0 Å². The van der Waals surface area contributed by atoms with Gasteiger partial charge in [-0.15, -0.1) is 0 Å². The summed E-state index contributed by atoms with van der Waals surface area (Å²) in [4.78, 5) is 25.0. The predicted octanol–water partition coefficient (Wildman–Crippen LogP) is 1.04. The van der Waals surface area contributed by atoms with Gasteiger partial charge in [-0.3, -0.25) is 4.98 Å². The monoisotopic (exact) mass is 195 g/mol. The van der Waals surface area contributed by atoms with E-state index in [1.165, 1.54) is 0 Å². The number of carboxylic acid groups (broad SMARTS) is 2. The van der Waals surface area contributed by atoms with Crippen LogP contribution in [0.25, 0.3) is 0 Å². The molecule has 0 radical (unpaired) electrons. The molecule has 74 valence electrons. The molecule has 0 aliphatic heterocycles. The highest BCUT2D eigenvalue weighted by Crippen LogP contribution is 2.14. The minimum atomic E-state index is -1.16. The van der Waals surface area contributed by atoms with E-state index < -0.39 is 11.9 Å². The first-order valence-corrected chi connectivity index (χ1v) is 4.01. The van der Waals surface area contributed by atoms with Crippen LogP contribution in [0.5, 0.6) is 0 Å². The van der Waals surface area contributed by atoms with Crippen molar-refractivity contribution in [1.82, 2.24) is 4.98 Å². The van der Waals surface area contributed by atoms with Gasteiger partial charge in [0, 0.05) is 12.4 Å². The van der Waals surface area contributed by atoms with Gasteiger partial charge in [-0.2, -0.15) is 0 Å². The third kappa shape index (κ3) is 1.71. The number of carbonyl (C=O) groups is 2. The van der Waals surface area contributed by atoms with Crippen LogP contribution in [0, 0.1) is 0 Å². The minimum Gasteiger partial charge on any atom is -0.478 e. The van der Waals surface area contributed by atoms with Crippen LogP contribution in [0.15, 0.2) is 12.4 Å². The first kappa shape index (κ1) is 10.2. The summed E-state index contributed by atoms with van der Waals surface area (Å²) in [5.74, 6) is -2.31. The number of hydrogen-bond acceptors (Lipinski definition) is 3. The molecule has 0 saturated carbocycles. The van der Waals surface area contributed by atoms with E-state index in [-0.39, 0.29) is 11.1 Å². The summed E-state index contributed by atoms with van der Waals surface area (Å²) in [5, 5.41) is 17.5. The zero-order valence-electron chi connectivity index (χ0n) is 7.52. The van der Waals surface area contributed by atoms with Gasteiger partial charge in [0.1, 0.15) is 0 Å². The van der Waals surface area contributed by atoms with Gasteiger partial charge < -0.3 is 10.2 Å². The van der Waals surface area contributed by atoms with Crippen molar-refractivity contribution >= 4 is 11.9 Å².